The van der Waals surface area contributed by atoms with Crippen LogP contribution >= 0.6 is 0 Å². The van der Waals surface area contributed by atoms with Gasteiger partial charge in [0.1, 0.15) is 0 Å². The third-order valence-corrected chi connectivity index (χ3v) is 3.33. The first-order chi connectivity index (χ1) is 8.26. The van der Waals surface area contributed by atoms with Crippen LogP contribution in [0.4, 0.5) is 0 Å². The number of carbonyl (C=O) groups excluding carboxylic acids is 1. The van der Waals surface area contributed by atoms with Gasteiger partial charge in [-0.25, -0.2) is 0 Å². The van der Waals surface area contributed by atoms with Gasteiger partial charge in [-0.15, -0.1) is 0 Å². The van der Waals surface area contributed by atoms with Crippen molar-refractivity contribution in [3.05, 3.63) is 0 Å². The molecule has 0 spiro atoms. The third kappa shape index (κ3) is 6.03. The highest BCUT2D eigenvalue weighted by Gasteiger charge is 2.18. The SMILES string of the molecule is CCCCN(CCO)CC(=O)NC1CCCC1. The van der Waals surface area contributed by atoms with Gasteiger partial charge in [-0.05, 0) is 25.8 Å². The summed E-state index contributed by atoms with van der Waals surface area (Å²) in [6.07, 6.45) is 6.92. The van der Waals surface area contributed by atoms with Crippen LogP contribution in [0.5, 0.6) is 0 Å². The molecule has 0 radical (unpaired) electrons. The quantitative estimate of drug-likeness (QED) is 0.671. The zero-order chi connectivity index (χ0) is 12.5. The molecule has 0 aromatic carbocycles. The average Bonchev–Trinajstić information content (AvgIpc) is 2.78. The first kappa shape index (κ1) is 14.5. The molecule has 1 aliphatic rings. The van der Waals surface area contributed by atoms with Gasteiger partial charge in [0.25, 0.3) is 0 Å². The summed E-state index contributed by atoms with van der Waals surface area (Å²) in [4.78, 5) is 13.8. The minimum absolute atomic E-state index is 0.112. The summed E-state index contributed by atoms with van der Waals surface area (Å²) in [5.41, 5.74) is 0. The highest BCUT2D eigenvalue weighted by Crippen LogP contribution is 2.17. The Balaban J connectivity index is 2.23. The van der Waals surface area contributed by atoms with Crippen LogP contribution in [0.1, 0.15) is 45.4 Å². The Kier molecular flexibility index (Phi) is 7.21. The van der Waals surface area contributed by atoms with Gasteiger partial charge in [-0.1, -0.05) is 26.2 Å². The van der Waals surface area contributed by atoms with Crippen LogP contribution in [0.25, 0.3) is 0 Å². The summed E-state index contributed by atoms with van der Waals surface area (Å²) < 4.78 is 0. The number of nitrogens with one attached hydrogen (secondary N) is 1. The number of carbonyl (C=O) groups is 1. The van der Waals surface area contributed by atoms with E-state index in [9.17, 15) is 4.79 Å². The zero-order valence-electron chi connectivity index (χ0n) is 11.0. The summed E-state index contributed by atoms with van der Waals surface area (Å²) >= 11 is 0. The number of hydrogen-bond donors (Lipinski definition) is 2. The van der Waals surface area contributed by atoms with E-state index in [0.717, 1.165) is 32.2 Å². The molecule has 4 nitrogen and oxygen atoms in total. The molecule has 0 unspecified atom stereocenters. The van der Waals surface area contributed by atoms with Gasteiger partial charge in [0.15, 0.2) is 0 Å². The number of nitrogens with zero attached hydrogens (tertiary/aromatic N) is 1. The zero-order valence-corrected chi connectivity index (χ0v) is 11.0. The van der Waals surface area contributed by atoms with Crippen molar-refractivity contribution in [3.8, 4) is 0 Å². The lowest BCUT2D eigenvalue weighted by molar-refractivity contribution is -0.123. The van der Waals surface area contributed by atoms with Crippen LogP contribution in [0.2, 0.25) is 0 Å². The molecule has 0 atom stereocenters. The standard InChI is InChI=1S/C13H26N2O2/c1-2-3-8-15(9-10-16)11-13(17)14-12-6-4-5-7-12/h12,16H,2-11H2,1H3,(H,14,17). The van der Waals surface area contributed by atoms with E-state index in [1.165, 1.54) is 12.8 Å². The molecule has 17 heavy (non-hydrogen) atoms. The monoisotopic (exact) mass is 242 g/mol. The lowest BCUT2D eigenvalue weighted by Crippen LogP contribution is -2.42. The van der Waals surface area contributed by atoms with Crippen molar-refractivity contribution in [2.24, 2.45) is 0 Å². The molecule has 0 aliphatic heterocycles. The molecule has 0 aromatic rings. The second kappa shape index (κ2) is 8.48. The number of hydrogen-bond acceptors (Lipinski definition) is 3. The van der Waals surface area contributed by atoms with Crippen LogP contribution in [0.3, 0.4) is 0 Å². The predicted octanol–water partition coefficient (Wildman–Crippen LogP) is 1.14. The minimum Gasteiger partial charge on any atom is -0.395 e. The van der Waals surface area contributed by atoms with Gasteiger partial charge in [0.2, 0.25) is 5.91 Å². The highest BCUT2D eigenvalue weighted by molar-refractivity contribution is 5.78. The van der Waals surface area contributed by atoms with Crippen LogP contribution in [-0.4, -0.2) is 48.2 Å². The fourth-order valence-corrected chi connectivity index (χ4v) is 2.34. The summed E-state index contributed by atoms with van der Waals surface area (Å²) in [7, 11) is 0. The molecule has 1 rings (SSSR count). The third-order valence-electron chi connectivity index (χ3n) is 3.33. The van der Waals surface area contributed by atoms with E-state index in [-0.39, 0.29) is 12.5 Å². The molecule has 4 heteroatoms. The molecule has 0 heterocycles. The largest absolute Gasteiger partial charge is 0.395 e. The molecule has 1 fully saturated rings. The smallest absolute Gasteiger partial charge is 0.234 e. The number of amides is 1. The molecule has 100 valence electrons. The second-order valence-electron chi connectivity index (χ2n) is 4.90. The maximum atomic E-state index is 11.8. The molecular formula is C13H26N2O2. The normalized spacial score (nSPS) is 16.6. The van der Waals surface area contributed by atoms with Crippen molar-refractivity contribution in [1.82, 2.24) is 10.2 Å². The van der Waals surface area contributed by atoms with E-state index in [0.29, 0.717) is 19.1 Å². The van der Waals surface area contributed by atoms with Crippen LogP contribution < -0.4 is 5.32 Å². The van der Waals surface area contributed by atoms with Crippen molar-refractivity contribution in [2.45, 2.75) is 51.5 Å². The fraction of sp³-hybridized carbons (Fsp3) is 0.923. The second-order valence-corrected chi connectivity index (χ2v) is 4.90. The Bertz CT molecular complexity index is 215. The minimum atomic E-state index is 0.112. The summed E-state index contributed by atoms with van der Waals surface area (Å²) in [6, 6.07) is 0.393. The van der Waals surface area contributed by atoms with Gasteiger partial charge >= 0.3 is 0 Å². The van der Waals surface area contributed by atoms with Crippen molar-refractivity contribution in [1.29, 1.82) is 0 Å². The van der Waals surface area contributed by atoms with Gasteiger partial charge < -0.3 is 10.4 Å². The molecule has 1 saturated carbocycles. The van der Waals surface area contributed by atoms with E-state index in [1.54, 1.807) is 0 Å². The fourth-order valence-electron chi connectivity index (χ4n) is 2.34. The number of aliphatic hydroxyl groups excluding tert-OH is 1. The Labute approximate surface area is 104 Å². The van der Waals surface area contributed by atoms with E-state index >= 15 is 0 Å². The Morgan fingerprint density at radius 3 is 2.65 bits per heavy atom. The molecule has 0 saturated heterocycles. The first-order valence-electron chi connectivity index (χ1n) is 6.88. The average molecular weight is 242 g/mol. The molecule has 1 amide bonds. The summed E-state index contributed by atoms with van der Waals surface area (Å²) in [5, 5.41) is 12.0. The Morgan fingerprint density at radius 1 is 1.35 bits per heavy atom. The van der Waals surface area contributed by atoms with E-state index in [2.05, 4.69) is 12.2 Å². The van der Waals surface area contributed by atoms with Gasteiger partial charge in [0.05, 0.1) is 13.2 Å². The maximum Gasteiger partial charge on any atom is 0.234 e. The number of unbranched alkanes of at least 4 members (excludes halogenated alkanes) is 1. The van der Waals surface area contributed by atoms with E-state index in [4.69, 9.17) is 5.11 Å². The van der Waals surface area contributed by atoms with Gasteiger partial charge in [-0.2, -0.15) is 0 Å². The van der Waals surface area contributed by atoms with Gasteiger partial charge in [0, 0.05) is 12.6 Å². The Morgan fingerprint density at radius 2 is 2.06 bits per heavy atom. The number of rotatable bonds is 8. The highest BCUT2D eigenvalue weighted by atomic mass is 16.3. The van der Waals surface area contributed by atoms with Gasteiger partial charge in [-0.3, -0.25) is 9.69 Å². The topological polar surface area (TPSA) is 52.6 Å². The molecule has 0 aromatic heterocycles. The molecule has 0 bridgehead atoms. The first-order valence-corrected chi connectivity index (χ1v) is 6.88. The van der Waals surface area contributed by atoms with Crippen LogP contribution in [0.15, 0.2) is 0 Å². The summed E-state index contributed by atoms with van der Waals surface area (Å²) in [5.74, 6) is 0.112. The Hall–Kier alpha value is -0.610. The molecule has 2 N–H and O–H groups in total. The van der Waals surface area contributed by atoms with Crippen LogP contribution in [0, 0.1) is 0 Å². The lowest BCUT2D eigenvalue weighted by Gasteiger charge is -2.21. The predicted molar refractivity (Wildman–Crippen MR) is 68.8 cm³/mol. The van der Waals surface area contributed by atoms with Crippen molar-refractivity contribution in [2.75, 3.05) is 26.2 Å². The summed E-state index contributed by atoms with van der Waals surface area (Å²) in [6.45, 7) is 4.18. The van der Waals surface area contributed by atoms with E-state index in [1.807, 2.05) is 4.90 Å². The molecule has 1 aliphatic carbocycles. The van der Waals surface area contributed by atoms with E-state index < -0.39 is 0 Å². The molecular weight excluding hydrogens is 216 g/mol. The van der Waals surface area contributed by atoms with Crippen LogP contribution in [-0.2, 0) is 4.79 Å². The van der Waals surface area contributed by atoms with Crippen molar-refractivity contribution >= 4 is 5.91 Å². The number of aliphatic hydroxyl groups is 1. The lowest BCUT2D eigenvalue weighted by atomic mass is 10.2. The van der Waals surface area contributed by atoms with Crippen molar-refractivity contribution < 1.29 is 9.90 Å². The maximum absolute atomic E-state index is 11.8. The van der Waals surface area contributed by atoms with Crippen molar-refractivity contribution in [3.63, 3.8) is 0 Å².